The molecule has 3 aromatic carbocycles. The first-order valence-electron chi connectivity index (χ1n) is 11.7. The molecular formula is C28H30N4O2S. The molecule has 0 spiro atoms. The van der Waals surface area contributed by atoms with E-state index in [9.17, 15) is 9.59 Å². The molecule has 1 aliphatic rings. The molecule has 3 aromatic rings. The van der Waals surface area contributed by atoms with Gasteiger partial charge in [0.15, 0.2) is 5.11 Å². The molecule has 1 fully saturated rings. The molecule has 180 valence electrons. The lowest BCUT2D eigenvalue weighted by Crippen LogP contribution is -2.48. The average Bonchev–Trinajstić information content (AvgIpc) is 2.84. The van der Waals surface area contributed by atoms with Crippen LogP contribution in [0.5, 0.6) is 0 Å². The van der Waals surface area contributed by atoms with Gasteiger partial charge in [0.25, 0.3) is 11.8 Å². The molecule has 7 heteroatoms. The summed E-state index contributed by atoms with van der Waals surface area (Å²) in [5.74, 6) is -0.136. The number of amides is 2. The van der Waals surface area contributed by atoms with E-state index in [1.54, 1.807) is 0 Å². The van der Waals surface area contributed by atoms with Crippen LogP contribution in [0.3, 0.4) is 0 Å². The molecule has 1 aliphatic heterocycles. The Bertz CT molecular complexity index is 1230. The van der Waals surface area contributed by atoms with Crippen molar-refractivity contribution in [2.75, 3.05) is 36.4 Å². The molecule has 0 radical (unpaired) electrons. The van der Waals surface area contributed by atoms with Crippen LogP contribution in [0.1, 0.15) is 37.4 Å². The molecule has 1 heterocycles. The molecule has 2 amide bonds. The number of aryl methyl sites for hydroxylation is 3. The zero-order valence-corrected chi connectivity index (χ0v) is 21.1. The van der Waals surface area contributed by atoms with Crippen molar-refractivity contribution < 1.29 is 9.59 Å². The standard InChI is InChI=1S/C28H30N4O2S/c1-19-16-20(2)18-22(17-19)26(33)30-28(35)29-23-8-10-24(11-9-23)31-12-14-32(15-13-31)27(34)25-7-5-4-6-21(25)3/h4-11,16-18H,12-15H2,1-3H3,(H2,29,30,33,35). The third kappa shape index (κ3) is 6.05. The van der Waals surface area contributed by atoms with E-state index in [1.165, 1.54) is 0 Å². The molecule has 35 heavy (non-hydrogen) atoms. The van der Waals surface area contributed by atoms with Crippen molar-refractivity contribution in [2.45, 2.75) is 20.8 Å². The summed E-state index contributed by atoms with van der Waals surface area (Å²) < 4.78 is 0. The van der Waals surface area contributed by atoms with E-state index >= 15 is 0 Å². The zero-order valence-electron chi connectivity index (χ0n) is 20.3. The van der Waals surface area contributed by atoms with Crippen LogP contribution in [0.2, 0.25) is 0 Å². The Morgan fingerprint density at radius 1 is 0.829 bits per heavy atom. The topological polar surface area (TPSA) is 64.7 Å². The molecule has 0 bridgehead atoms. The van der Waals surface area contributed by atoms with Gasteiger partial charge in [-0.3, -0.25) is 14.9 Å². The van der Waals surface area contributed by atoms with E-state index in [-0.39, 0.29) is 16.9 Å². The van der Waals surface area contributed by atoms with Crippen LogP contribution in [0, 0.1) is 20.8 Å². The zero-order chi connectivity index (χ0) is 24.9. The van der Waals surface area contributed by atoms with Gasteiger partial charge in [0.2, 0.25) is 0 Å². The fourth-order valence-corrected chi connectivity index (χ4v) is 4.56. The second kappa shape index (κ2) is 10.7. The Kier molecular flexibility index (Phi) is 7.46. The summed E-state index contributed by atoms with van der Waals surface area (Å²) in [5.41, 5.74) is 6.32. The SMILES string of the molecule is Cc1cc(C)cc(C(=O)NC(=S)Nc2ccc(N3CCN(C(=O)c4ccccc4C)CC3)cc2)c1. The van der Waals surface area contributed by atoms with Gasteiger partial charge in [0.1, 0.15) is 0 Å². The average molecular weight is 487 g/mol. The Labute approximate surface area is 211 Å². The molecular weight excluding hydrogens is 456 g/mol. The van der Waals surface area contributed by atoms with Gasteiger partial charge in [-0.05, 0) is 81.0 Å². The maximum Gasteiger partial charge on any atom is 0.257 e. The highest BCUT2D eigenvalue weighted by Crippen LogP contribution is 2.21. The number of nitrogens with one attached hydrogen (secondary N) is 2. The lowest BCUT2D eigenvalue weighted by Gasteiger charge is -2.36. The number of carbonyl (C=O) groups excluding carboxylic acids is 2. The van der Waals surface area contributed by atoms with Crippen molar-refractivity contribution >= 4 is 40.5 Å². The van der Waals surface area contributed by atoms with Crippen LogP contribution in [0.25, 0.3) is 0 Å². The molecule has 0 aliphatic carbocycles. The van der Waals surface area contributed by atoms with Crippen LogP contribution in [-0.2, 0) is 0 Å². The second-order valence-corrected chi connectivity index (χ2v) is 9.33. The van der Waals surface area contributed by atoms with Crippen LogP contribution >= 0.6 is 12.2 Å². The number of piperazine rings is 1. The van der Waals surface area contributed by atoms with E-state index in [2.05, 4.69) is 15.5 Å². The van der Waals surface area contributed by atoms with E-state index < -0.39 is 0 Å². The Hall–Kier alpha value is -3.71. The van der Waals surface area contributed by atoms with Crippen molar-refractivity contribution in [3.8, 4) is 0 Å². The lowest BCUT2D eigenvalue weighted by atomic mass is 10.1. The molecule has 2 N–H and O–H groups in total. The van der Waals surface area contributed by atoms with Crippen molar-refractivity contribution in [3.05, 3.63) is 94.5 Å². The summed E-state index contributed by atoms with van der Waals surface area (Å²) in [6, 6.07) is 21.4. The first-order chi connectivity index (χ1) is 16.8. The summed E-state index contributed by atoms with van der Waals surface area (Å²) in [6.07, 6.45) is 0. The number of hydrogen-bond acceptors (Lipinski definition) is 4. The fraction of sp³-hybridized carbons (Fsp3) is 0.250. The minimum absolute atomic E-state index is 0.0960. The minimum Gasteiger partial charge on any atom is -0.368 e. The molecule has 1 saturated heterocycles. The quantitative estimate of drug-likeness (QED) is 0.524. The second-order valence-electron chi connectivity index (χ2n) is 8.93. The van der Waals surface area contributed by atoms with E-state index in [4.69, 9.17) is 12.2 Å². The van der Waals surface area contributed by atoms with Crippen molar-refractivity contribution in [3.63, 3.8) is 0 Å². The molecule has 0 unspecified atom stereocenters. The van der Waals surface area contributed by atoms with Gasteiger partial charge < -0.3 is 15.1 Å². The molecule has 4 rings (SSSR count). The van der Waals surface area contributed by atoms with Crippen molar-refractivity contribution in [1.29, 1.82) is 0 Å². The number of carbonyl (C=O) groups is 2. The molecule has 6 nitrogen and oxygen atoms in total. The minimum atomic E-state index is -0.232. The third-order valence-corrected chi connectivity index (χ3v) is 6.35. The summed E-state index contributed by atoms with van der Waals surface area (Å²) >= 11 is 5.33. The Morgan fingerprint density at radius 3 is 2.09 bits per heavy atom. The van der Waals surface area contributed by atoms with Gasteiger partial charge >= 0.3 is 0 Å². The summed E-state index contributed by atoms with van der Waals surface area (Å²) in [4.78, 5) is 29.6. The number of anilines is 2. The van der Waals surface area contributed by atoms with Crippen molar-refractivity contribution in [1.82, 2.24) is 10.2 Å². The highest BCUT2D eigenvalue weighted by atomic mass is 32.1. The monoisotopic (exact) mass is 486 g/mol. The van der Waals surface area contributed by atoms with E-state index in [0.717, 1.165) is 46.7 Å². The smallest absolute Gasteiger partial charge is 0.257 e. The largest absolute Gasteiger partial charge is 0.368 e. The van der Waals surface area contributed by atoms with Gasteiger partial charge in [0.05, 0.1) is 0 Å². The third-order valence-electron chi connectivity index (χ3n) is 6.14. The number of thiocarbonyl (C=S) groups is 1. The summed E-state index contributed by atoms with van der Waals surface area (Å²) in [7, 11) is 0. The van der Waals surface area contributed by atoms with Gasteiger partial charge in [-0.2, -0.15) is 0 Å². The van der Waals surface area contributed by atoms with Crippen LogP contribution < -0.4 is 15.5 Å². The fourth-order valence-electron chi connectivity index (χ4n) is 4.35. The van der Waals surface area contributed by atoms with Crippen molar-refractivity contribution in [2.24, 2.45) is 0 Å². The lowest BCUT2D eigenvalue weighted by molar-refractivity contribution is 0.0746. The highest BCUT2D eigenvalue weighted by molar-refractivity contribution is 7.80. The predicted molar refractivity (Wildman–Crippen MR) is 145 cm³/mol. The highest BCUT2D eigenvalue weighted by Gasteiger charge is 2.23. The first kappa shape index (κ1) is 24.4. The maximum atomic E-state index is 12.9. The van der Waals surface area contributed by atoms with Gasteiger partial charge in [-0.1, -0.05) is 35.4 Å². The van der Waals surface area contributed by atoms with Crippen LogP contribution in [0.15, 0.2) is 66.7 Å². The normalized spacial score (nSPS) is 13.3. The molecule has 0 atom stereocenters. The Balaban J connectivity index is 1.30. The van der Waals surface area contributed by atoms with Crippen LogP contribution in [-0.4, -0.2) is 48.0 Å². The summed E-state index contributed by atoms with van der Waals surface area (Å²) in [5, 5.41) is 6.07. The van der Waals surface area contributed by atoms with Crippen LogP contribution in [0.4, 0.5) is 11.4 Å². The van der Waals surface area contributed by atoms with Gasteiger partial charge in [0, 0.05) is 48.7 Å². The number of hydrogen-bond donors (Lipinski definition) is 2. The van der Waals surface area contributed by atoms with E-state index in [0.29, 0.717) is 18.7 Å². The molecule has 0 aromatic heterocycles. The predicted octanol–water partition coefficient (Wildman–Crippen LogP) is 4.70. The van der Waals surface area contributed by atoms with Gasteiger partial charge in [-0.15, -0.1) is 0 Å². The summed E-state index contributed by atoms with van der Waals surface area (Å²) in [6.45, 7) is 8.81. The number of nitrogens with zero attached hydrogens (tertiary/aromatic N) is 2. The number of benzene rings is 3. The van der Waals surface area contributed by atoms with E-state index in [1.807, 2.05) is 92.4 Å². The number of rotatable bonds is 4. The van der Waals surface area contributed by atoms with Gasteiger partial charge in [-0.25, -0.2) is 0 Å². The first-order valence-corrected chi connectivity index (χ1v) is 12.1. The maximum absolute atomic E-state index is 12.9. The Morgan fingerprint density at radius 2 is 1.46 bits per heavy atom. The molecule has 0 saturated carbocycles.